The minimum absolute atomic E-state index is 0.0730. The number of anilines is 2. The van der Waals surface area contributed by atoms with Crippen LogP contribution in [0.2, 0.25) is 0 Å². The van der Waals surface area contributed by atoms with Crippen molar-refractivity contribution in [1.82, 2.24) is 14.9 Å². The summed E-state index contributed by atoms with van der Waals surface area (Å²) in [6, 6.07) is 0.330. The Bertz CT molecular complexity index is 684. The molecule has 28 heavy (non-hydrogen) atoms. The van der Waals surface area contributed by atoms with Gasteiger partial charge in [-0.25, -0.2) is 0 Å². The SMILES string of the molecule is Nc1nc(OC2CCCCC2)nc2c1CC(=O)N2CCCCN1CCCCC1. The Kier molecular flexibility index (Phi) is 6.29. The van der Waals surface area contributed by atoms with E-state index in [2.05, 4.69) is 14.9 Å². The third-order valence-corrected chi connectivity index (χ3v) is 6.26. The second-order valence-corrected chi connectivity index (χ2v) is 8.40. The van der Waals surface area contributed by atoms with Crippen molar-refractivity contribution in [3.63, 3.8) is 0 Å². The number of nitrogen functional groups attached to an aromatic ring is 1. The highest BCUT2D eigenvalue weighted by atomic mass is 16.5. The zero-order chi connectivity index (χ0) is 19.3. The summed E-state index contributed by atoms with van der Waals surface area (Å²) in [5.74, 6) is 1.13. The van der Waals surface area contributed by atoms with Gasteiger partial charge in [0.2, 0.25) is 5.91 Å². The van der Waals surface area contributed by atoms with Crippen molar-refractivity contribution in [2.24, 2.45) is 0 Å². The number of hydrogen-bond donors (Lipinski definition) is 1. The average Bonchev–Trinajstić information content (AvgIpc) is 3.03. The van der Waals surface area contributed by atoms with E-state index >= 15 is 0 Å². The van der Waals surface area contributed by atoms with Gasteiger partial charge in [-0.15, -0.1) is 0 Å². The highest BCUT2D eigenvalue weighted by Gasteiger charge is 2.32. The number of aromatic nitrogens is 2. The zero-order valence-corrected chi connectivity index (χ0v) is 16.9. The summed E-state index contributed by atoms with van der Waals surface area (Å²) in [7, 11) is 0. The van der Waals surface area contributed by atoms with Gasteiger partial charge in [0.15, 0.2) is 0 Å². The van der Waals surface area contributed by atoms with Crippen LogP contribution in [0.3, 0.4) is 0 Å². The minimum atomic E-state index is 0.0730. The first-order valence-corrected chi connectivity index (χ1v) is 11.1. The molecule has 0 spiro atoms. The number of amides is 1. The molecular weight excluding hydrogens is 354 g/mol. The van der Waals surface area contributed by atoms with Crippen LogP contribution < -0.4 is 15.4 Å². The smallest absolute Gasteiger partial charge is 0.320 e. The first-order valence-electron chi connectivity index (χ1n) is 11.1. The number of hydrogen-bond acceptors (Lipinski definition) is 6. The summed E-state index contributed by atoms with van der Waals surface area (Å²) in [5.41, 5.74) is 6.90. The Hall–Kier alpha value is -1.89. The summed E-state index contributed by atoms with van der Waals surface area (Å²) < 4.78 is 6.00. The highest BCUT2D eigenvalue weighted by molar-refractivity contribution is 6.01. The van der Waals surface area contributed by atoms with E-state index in [1.807, 2.05) is 0 Å². The molecule has 2 fully saturated rings. The molecule has 1 saturated heterocycles. The first-order chi connectivity index (χ1) is 13.7. The van der Waals surface area contributed by atoms with Gasteiger partial charge in [-0.1, -0.05) is 12.8 Å². The third kappa shape index (κ3) is 4.57. The second-order valence-electron chi connectivity index (χ2n) is 8.40. The van der Waals surface area contributed by atoms with Crippen molar-refractivity contribution in [3.8, 4) is 6.01 Å². The molecule has 1 aromatic heterocycles. The lowest BCUT2D eigenvalue weighted by molar-refractivity contribution is -0.117. The van der Waals surface area contributed by atoms with E-state index in [1.54, 1.807) is 4.90 Å². The normalized spacial score (nSPS) is 21.1. The van der Waals surface area contributed by atoms with Gasteiger partial charge in [0.25, 0.3) is 0 Å². The quantitative estimate of drug-likeness (QED) is 0.724. The van der Waals surface area contributed by atoms with Crippen LogP contribution in [0.4, 0.5) is 11.6 Å². The van der Waals surface area contributed by atoms with Gasteiger partial charge in [0.05, 0.1) is 6.42 Å². The van der Waals surface area contributed by atoms with E-state index in [0.29, 0.717) is 30.6 Å². The topological polar surface area (TPSA) is 84.6 Å². The van der Waals surface area contributed by atoms with Crippen LogP contribution in [0, 0.1) is 0 Å². The molecule has 0 aromatic carbocycles. The molecular formula is C21H33N5O2. The largest absolute Gasteiger partial charge is 0.460 e. The number of carbonyl (C=O) groups is 1. The van der Waals surface area contributed by atoms with Gasteiger partial charge in [-0.3, -0.25) is 9.69 Å². The molecule has 1 amide bonds. The Morgan fingerprint density at radius 3 is 2.46 bits per heavy atom. The molecule has 0 bridgehead atoms. The first kappa shape index (κ1) is 19.4. The number of piperidine rings is 1. The van der Waals surface area contributed by atoms with Gasteiger partial charge in [-0.05, 0) is 71.0 Å². The second kappa shape index (κ2) is 9.07. The van der Waals surface area contributed by atoms with Crippen LogP contribution in [0.25, 0.3) is 0 Å². The lowest BCUT2D eigenvalue weighted by atomic mass is 9.98. The van der Waals surface area contributed by atoms with Crippen LogP contribution in [0.1, 0.15) is 69.8 Å². The number of fused-ring (bicyclic) bond motifs is 1. The number of unbranched alkanes of at least 4 members (excludes halogenated alkanes) is 1. The number of nitrogens with two attached hydrogens (primary N) is 1. The van der Waals surface area contributed by atoms with E-state index < -0.39 is 0 Å². The maximum atomic E-state index is 12.5. The fourth-order valence-corrected chi connectivity index (χ4v) is 4.63. The van der Waals surface area contributed by atoms with E-state index in [0.717, 1.165) is 37.8 Å². The van der Waals surface area contributed by atoms with Crippen LogP contribution in [-0.2, 0) is 11.2 Å². The fourth-order valence-electron chi connectivity index (χ4n) is 4.63. The predicted molar refractivity (Wildman–Crippen MR) is 110 cm³/mol. The zero-order valence-electron chi connectivity index (χ0n) is 16.9. The van der Waals surface area contributed by atoms with Crippen molar-refractivity contribution >= 4 is 17.5 Å². The molecule has 3 heterocycles. The van der Waals surface area contributed by atoms with Crippen LogP contribution in [0.5, 0.6) is 6.01 Å². The monoisotopic (exact) mass is 387 g/mol. The van der Waals surface area contributed by atoms with Gasteiger partial charge < -0.3 is 15.4 Å². The number of carbonyl (C=O) groups excluding carboxylic acids is 1. The molecule has 0 unspecified atom stereocenters. The molecule has 7 heteroatoms. The number of likely N-dealkylation sites (tertiary alicyclic amines) is 1. The third-order valence-electron chi connectivity index (χ3n) is 6.26. The Morgan fingerprint density at radius 2 is 1.68 bits per heavy atom. The number of rotatable bonds is 7. The van der Waals surface area contributed by atoms with Crippen LogP contribution in [0.15, 0.2) is 0 Å². The van der Waals surface area contributed by atoms with Gasteiger partial charge >= 0.3 is 6.01 Å². The van der Waals surface area contributed by atoms with E-state index in [-0.39, 0.29) is 12.0 Å². The lowest BCUT2D eigenvalue weighted by Crippen LogP contribution is -2.32. The van der Waals surface area contributed by atoms with Crippen LogP contribution >= 0.6 is 0 Å². The molecule has 4 rings (SSSR count). The summed E-state index contributed by atoms with van der Waals surface area (Å²) in [6.45, 7) is 4.25. The molecule has 2 N–H and O–H groups in total. The molecule has 3 aliphatic rings. The number of nitrogens with zero attached hydrogens (tertiary/aromatic N) is 4. The van der Waals surface area contributed by atoms with Crippen LogP contribution in [-0.4, -0.2) is 53.1 Å². The van der Waals surface area contributed by atoms with Gasteiger partial charge in [0, 0.05) is 12.1 Å². The van der Waals surface area contributed by atoms with E-state index in [9.17, 15) is 4.79 Å². The summed E-state index contributed by atoms with van der Waals surface area (Å²) >= 11 is 0. The lowest BCUT2D eigenvalue weighted by Gasteiger charge is -2.26. The molecule has 2 aliphatic heterocycles. The van der Waals surface area contributed by atoms with Gasteiger partial charge in [-0.2, -0.15) is 9.97 Å². The molecule has 0 atom stereocenters. The maximum Gasteiger partial charge on any atom is 0.320 e. The Labute approximate surface area is 167 Å². The van der Waals surface area contributed by atoms with Crippen molar-refractivity contribution in [1.29, 1.82) is 0 Å². The number of ether oxygens (including phenoxy) is 1. The molecule has 1 saturated carbocycles. The summed E-state index contributed by atoms with van der Waals surface area (Å²) in [6.07, 6.45) is 12.3. The van der Waals surface area contributed by atoms with Crippen molar-refractivity contribution in [2.45, 2.75) is 76.7 Å². The van der Waals surface area contributed by atoms with Gasteiger partial charge in [0.1, 0.15) is 17.7 Å². The standard InChI is InChI=1S/C21H33N5O2/c22-19-17-15-18(27)26(14-8-7-13-25-11-5-2-6-12-25)20(17)24-21(23-19)28-16-9-3-1-4-10-16/h16H,1-15H2,(H2,22,23,24). The van der Waals surface area contributed by atoms with Crippen molar-refractivity contribution in [2.75, 3.05) is 36.8 Å². The highest BCUT2D eigenvalue weighted by Crippen LogP contribution is 2.33. The maximum absolute atomic E-state index is 12.5. The molecule has 0 radical (unpaired) electrons. The predicted octanol–water partition coefficient (Wildman–Crippen LogP) is 2.93. The minimum Gasteiger partial charge on any atom is -0.460 e. The van der Waals surface area contributed by atoms with Crippen molar-refractivity contribution < 1.29 is 9.53 Å². The van der Waals surface area contributed by atoms with E-state index in [4.69, 9.17) is 10.5 Å². The molecule has 1 aliphatic carbocycles. The Balaban J connectivity index is 1.36. The molecule has 154 valence electrons. The summed E-state index contributed by atoms with van der Waals surface area (Å²) in [4.78, 5) is 25.8. The van der Waals surface area contributed by atoms with E-state index in [1.165, 1.54) is 51.6 Å². The van der Waals surface area contributed by atoms with Crippen molar-refractivity contribution in [3.05, 3.63) is 5.56 Å². The summed E-state index contributed by atoms with van der Waals surface area (Å²) in [5, 5.41) is 0. The Morgan fingerprint density at radius 1 is 0.964 bits per heavy atom. The fraction of sp³-hybridized carbons (Fsp3) is 0.762. The average molecular weight is 388 g/mol. The molecule has 7 nitrogen and oxygen atoms in total. The molecule has 1 aromatic rings.